The van der Waals surface area contributed by atoms with Crippen LogP contribution in [0.25, 0.3) is 0 Å². The Morgan fingerprint density at radius 2 is 0.727 bits per heavy atom. The first-order valence-electron chi connectivity index (χ1n) is 1.10. The molecule has 11 heteroatoms. The van der Waals surface area contributed by atoms with Crippen molar-refractivity contribution in [3.63, 3.8) is 0 Å². The van der Waals surface area contributed by atoms with Crippen LogP contribution in [0.4, 0.5) is 0 Å². The molecular formula is LiMnN3O6. The van der Waals surface area contributed by atoms with Gasteiger partial charge in [0.2, 0.25) is 0 Å². The van der Waals surface area contributed by atoms with Gasteiger partial charge in [-0.05, 0) is 0 Å². The summed E-state index contributed by atoms with van der Waals surface area (Å²) in [4.78, 5) is 24.0. The molecule has 0 amide bonds. The van der Waals surface area contributed by atoms with Crippen molar-refractivity contribution in [3.8, 4) is 0 Å². The average molecular weight is 200 g/mol. The summed E-state index contributed by atoms with van der Waals surface area (Å²) in [7, 11) is 0. The molecule has 9 nitrogen and oxygen atoms in total. The van der Waals surface area contributed by atoms with Crippen molar-refractivity contribution in [3.05, 3.63) is 30.3 Å². The molecule has 0 spiro atoms. The van der Waals surface area contributed by atoms with Gasteiger partial charge >= 0.3 is 35.9 Å². The molecule has 11 heavy (non-hydrogen) atoms. The fraction of sp³-hybridized carbons (Fsp3) is 0. The zero-order chi connectivity index (χ0) is 8.12. The largest absolute Gasteiger partial charge is 2.00 e. The Bertz CT molecular complexity index is 54.6. The van der Waals surface area contributed by atoms with Gasteiger partial charge in [-0.3, -0.25) is 0 Å². The molecule has 0 aromatic rings. The van der Waals surface area contributed by atoms with Gasteiger partial charge in [-0.2, -0.15) is 0 Å². The van der Waals surface area contributed by atoms with E-state index in [-0.39, 0.29) is 35.9 Å². The SMILES string of the molecule is O=N[O-].O=N[O-].O=N[O-].[Li+].[Mn+2]. The average Bonchev–Trinajstić information content (AvgIpc) is 1.70. The Morgan fingerprint density at radius 3 is 0.727 bits per heavy atom. The Hall–Kier alpha value is -0.683. The van der Waals surface area contributed by atoms with Gasteiger partial charge in [0.25, 0.3) is 0 Å². The van der Waals surface area contributed by atoms with E-state index in [4.69, 9.17) is 30.3 Å². The van der Waals surface area contributed by atoms with Crippen molar-refractivity contribution >= 4 is 0 Å². The Labute approximate surface area is 82.6 Å². The van der Waals surface area contributed by atoms with Crippen molar-refractivity contribution in [1.82, 2.24) is 0 Å². The Kier molecular flexibility index (Phi) is 346. The number of hydrogen-bond donors (Lipinski definition) is 0. The van der Waals surface area contributed by atoms with Crippen molar-refractivity contribution in [1.29, 1.82) is 0 Å². The smallest absolute Gasteiger partial charge is 0.444 e. The molecular weight excluding hydrogens is 200 g/mol. The van der Waals surface area contributed by atoms with Crippen LogP contribution in [0.1, 0.15) is 0 Å². The second-order valence-electron chi connectivity index (χ2n) is 0.224. The van der Waals surface area contributed by atoms with E-state index in [9.17, 15) is 0 Å². The fourth-order valence-electron chi connectivity index (χ4n) is 0. The van der Waals surface area contributed by atoms with Crippen LogP contribution in [0.15, 0.2) is 16.0 Å². The molecule has 0 aliphatic rings. The van der Waals surface area contributed by atoms with Crippen molar-refractivity contribution in [2.45, 2.75) is 0 Å². The van der Waals surface area contributed by atoms with Gasteiger partial charge in [-0.15, -0.1) is 16.0 Å². The van der Waals surface area contributed by atoms with Crippen LogP contribution in [0.2, 0.25) is 0 Å². The van der Waals surface area contributed by atoms with Gasteiger partial charge in [0.15, 0.2) is 0 Å². The van der Waals surface area contributed by atoms with E-state index in [0.717, 1.165) is 16.0 Å². The first-order chi connectivity index (χ1) is 4.24. The summed E-state index contributed by atoms with van der Waals surface area (Å²) in [6.07, 6.45) is 0. The van der Waals surface area contributed by atoms with E-state index >= 15 is 0 Å². The summed E-state index contributed by atoms with van der Waals surface area (Å²) in [6.45, 7) is 0. The van der Waals surface area contributed by atoms with Crippen LogP contribution in [-0.4, -0.2) is 0 Å². The van der Waals surface area contributed by atoms with Crippen LogP contribution >= 0.6 is 0 Å². The maximum atomic E-state index is 8.00. The molecule has 0 aliphatic heterocycles. The molecule has 0 bridgehead atoms. The monoisotopic (exact) mass is 200 g/mol. The molecule has 0 aromatic heterocycles. The third-order valence-electron chi connectivity index (χ3n) is 0. The molecule has 0 rings (SSSR count). The fourth-order valence-corrected chi connectivity index (χ4v) is 0. The number of hydrogen-bond acceptors (Lipinski definition) is 9. The topological polar surface area (TPSA) is 157 Å². The molecule has 0 fully saturated rings. The van der Waals surface area contributed by atoms with Crippen LogP contribution in [0.5, 0.6) is 0 Å². The van der Waals surface area contributed by atoms with E-state index in [1.807, 2.05) is 0 Å². The molecule has 0 saturated heterocycles. The van der Waals surface area contributed by atoms with Crippen LogP contribution in [0.3, 0.4) is 0 Å². The van der Waals surface area contributed by atoms with E-state index < -0.39 is 0 Å². The zero-order valence-electron chi connectivity index (χ0n) is 5.17. The van der Waals surface area contributed by atoms with Gasteiger partial charge in [-0.25, -0.2) is 0 Å². The summed E-state index contributed by atoms with van der Waals surface area (Å²) in [5.74, 6) is 0. The molecule has 0 aromatic carbocycles. The van der Waals surface area contributed by atoms with E-state index in [1.54, 1.807) is 0 Å². The van der Waals surface area contributed by atoms with Gasteiger partial charge in [0.1, 0.15) is 0 Å². The summed E-state index contributed by atoms with van der Waals surface area (Å²) in [6, 6.07) is 0. The minimum absolute atomic E-state index is 0. The maximum Gasteiger partial charge on any atom is 2.00 e. The van der Waals surface area contributed by atoms with E-state index in [0.29, 0.717) is 0 Å². The van der Waals surface area contributed by atoms with Gasteiger partial charge in [0, 0.05) is 0 Å². The second kappa shape index (κ2) is 120. The Morgan fingerprint density at radius 1 is 0.727 bits per heavy atom. The zero-order valence-corrected chi connectivity index (χ0v) is 6.35. The first-order valence-corrected chi connectivity index (χ1v) is 1.10. The third kappa shape index (κ3) is 1070. The maximum absolute atomic E-state index is 8.00. The molecule has 0 saturated carbocycles. The summed E-state index contributed by atoms with van der Waals surface area (Å²) in [5, 5.41) is 27.0. The molecule has 0 atom stereocenters. The van der Waals surface area contributed by atoms with Gasteiger partial charge < -0.3 is 30.3 Å². The minimum Gasteiger partial charge on any atom is -0.444 e. The normalized spacial score (nSPS) is 3.27. The van der Waals surface area contributed by atoms with Crippen LogP contribution < -0.4 is 18.9 Å². The minimum atomic E-state index is 0. The second-order valence-corrected chi connectivity index (χ2v) is 0.224. The summed E-state index contributed by atoms with van der Waals surface area (Å²) < 4.78 is 0. The molecule has 0 aliphatic carbocycles. The van der Waals surface area contributed by atoms with Crippen molar-refractivity contribution in [2.24, 2.45) is 16.0 Å². The summed E-state index contributed by atoms with van der Waals surface area (Å²) in [5.41, 5.74) is 0. The van der Waals surface area contributed by atoms with Crippen LogP contribution in [-0.2, 0) is 17.1 Å². The molecule has 59 valence electrons. The van der Waals surface area contributed by atoms with Gasteiger partial charge in [0.05, 0.1) is 0 Å². The quantitative estimate of drug-likeness (QED) is 0.244. The molecule has 0 N–H and O–H groups in total. The Balaban J connectivity index is -0.0000000150. The first kappa shape index (κ1) is 31.7. The molecule has 0 unspecified atom stereocenters. The van der Waals surface area contributed by atoms with Crippen molar-refractivity contribution < 1.29 is 35.9 Å². The standard InChI is InChI=1S/Li.Mn.3HNO2/c;;3*2-1-3/h;;3*(H,2,3)/q+1;+2;;;/p-3. The van der Waals surface area contributed by atoms with E-state index in [2.05, 4.69) is 0 Å². The number of nitrogens with zero attached hydrogens (tertiary/aromatic N) is 3. The third-order valence-corrected chi connectivity index (χ3v) is 0. The molecule has 0 heterocycles. The number of rotatable bonds is 0. The van der Waals surface area contributed by atoms with Gasteiger partial charge in [-0.1, -0.05) is 0 Å². The van der Waals surface area contributed by atoms with E-state index in [1.165, 1.54) is 0 Å². The summed E-state index contributed by atoms with van der Waals surface area (Å²) >= 11 is 0. The predicted molar refractivity (Wildman–Crippen MR) is 27.5 cm³/mol. The van der Waals surface area contributed by atoms with Crippen molar-refractivity contribution in [2.75, 3.05) is 0 Å². The van der Waals surface area contributed by atoms with Crippen LogP contribution in [0, 0.1) is 30.3 Å². The predicted octanol–water partition coefficient (Wildman–Crippen LogP) is -2.25. The molecule has 1 radical (unpaired) electrons.